The molecule has 1 saturated heterocycles. The monoisotopic (exact) mass is 359 g/mol. The quantitative estimate of drug-likeness (QED) is 0.841. The summed E-state index contributed by atoms with van der Waals surface area (Å²) < 4.78 is 5.58. The van der Waals surface area contributed by atoms with E-state index in [0.717, 1.165) is 36.5 Å². The second kappa shape index (κ2) is 8.24. The fraction of sp³-hybridized carbons (Fsp3) is 0.529. The molecule has 140 valence electrons. The molecule has 0 unspecified atom stereocenters. The normalized spacial score (nSPS) is 18.3. The summed E-state index contributed by atoms with van der Waals surface area (Å²) in [6.07, 6.45) is 0. The fourth-order valence-electron chi connectivity index (χ4n) is 2.88. The number of likely N-dealkylation sites (N-methyl/N-ethyl adjacent to an activating group) is 1. The SMILES string of the molecule is Cc1ccc(-c2nnn(C)n2)cc1NC(=O)NC[C@@H]1COCCN(C)C1. The minimum Gasteiger partial charge on any atom is -0.380 e. The van der Waals surface area contributed by atoms with Gasteiger partial charge < -0.3 is 20.3 Å². The second-order valence-electron chi connectivity index (χ2n) is 6.67. The average Bonchev–Trinajstić information content (AvgIpc) is 2.93. The number of tetrazole rings is 1. The predicted octanol–water partition coefficient (Wildman–Crippen LogP) is 0.885. The highest BCUT2D eigenvalue weighted by Crippen LogP contribution is 2.22. The molecular weight excluding hydrogens is 334 g/mol. The van der Waals surface area contributed by atoms with Gasteiger partial charge in [-0.15, -0.1) is 10.2 Å². The molecule has 1 atom stereocenters. The van der Waals surface area contributed by atoms with Crippen molar-refractivity contribution in [3.05, 3.63) is 23.8 Å². The van der Waals surface area contributed by atoms with Crippen molar-refractivity contribution in [3.8, 4) is 11.4 Å². The molecule has 1 aromatic heterocycles. The molecule has 3 rings (SSSR count). The molecule has 1 aliphatic rings. The number of aromatic nitrogens is 4. The highest BCUT2D eigenvalue weighted by atomic mass is 16.5. The number of rotatable bonds is 4. The first-order valence-electron chi connectivity index (χ1n) is 8.67. The van der Waals surface area contributed by atoms with Gasteiger partial charge in [0.15, 0.2) is 0 Å². The third-order valence-electron chi connectivity index (χ3n) is 4.34. The molecule has 2 aromatic rings. The molecule has 1 aliphatic heterocycles. The second-order valence-corrected chi connectivity index (χ2v) is 6.67. The average molecular weight is 359 g/mol. The highest BCUT2D eigenvalue weighted by molar-refractivity contribution is 5.90. The third-order valence-corrected chi connectivity index (χ3v) is 4.34. The van der Waals surface area contributed by atoms with Gasteiger partial charge >= 0.3 is 6.03 Å². The Balaban J connectivity index is 1.60. The molecule has 26 heavy (non-hydrogen) atoms. The number of aryl methyl sites for hydroxylation is 2. The van der Waals surface area contributed by atoms with Gasteiger partial charge in [-0.05, 0) is 30.8 Å². The zero-order valence-corrected chi connectivity index (χ0v) is 15.4. The zero-order chi connectivity index (χ0) is 18.5. The molecule has 9 heteroatoms. The first kappa shape index (κ1) is 18.3. The van der Waals surface area contributed by atoms with Crippen LogP contribution in [-0.2, 0) is 11.8 Å². The number of hydrogen-bond acceptors (Lipinski definition) is 6. The molecule has 0 saturated carbocycles. The lowest BCUT2D eigenvalue weighted by Crippen LogP contribution is -2.38. The van der Waals surface area contributed by atoms with E-state index in [-0.39, 0.29) is 11.9 Å². The van der Waals surface area contributed by atoms with Crippen molar-refractivity contribution in [2.45, 2.75) is 6.92 Å². The number of hydrogen-bond donors (Lipinski definition) is 2. The van der Waals surface area contributed by atoms with Crippen LogP contribution in [0, 0.1) is 12.8 Å². The van der Waals surface area contributed by atoms with E-state index >= 15 is 0 Å². The standard InChI is InChI=1S/C17H25N7O2/c1-12-4-5-14(16-20-22-24(3)21-16)8-15(12)19-17(25)18-9-13-10-23(2)6-7-26-11-13/h4-5,8,13H,6-7,9-11H2,1-3H3,(H2,18,19,25)/t13-/m0/s1. The van der Waals surface area contributed by atoms with Crippen molar-refractivity contribution in [2.75, 3.05) is 45.2 Å². The van der Waals surface area contributed by atoms with Crippen LogP contribution < -0.4 is 10.6 Å². The maximum Gasteiger partial charge on any atom is 0.319 e. The Labute approximate surface area is 152 Å². The van der Waals surface area contributed by atoms with Gasteiger partial charge in [-0.2, -0.15) is 4.80 Å². The lowest BCUT2D eigenvalue weighted by Gasteiger charge is -2.19. The molecule has 0 spiro atoms. The maximum atomic E-state index is 12.3. The Bertz CT molecular complexity index is 761. The third kappa shape index (κ3) is 4.77. The Hall–Kier alpha value is -2.52. The number of ether oxygens (including phenoxy) is 1. The van der Waals surface area contributed by atoms with E-state index in [1.54, 1.807) is 7.05 Å². The van der Waals surface area contributed by atoms with Crippen molar-refractivity contribution in [1.82, 2.24) is 30.4 Å². The first-order valence-corrected chi connectivity index (χ1v) is 8.67. The van der Waals surface area contributed by atoms with Gasteiger partial charge in [-0.25, -0.2) is 4.79 Å². The number of nitrogens with zero attached hydrogens (tertiary/aromatic N) is 5. The number of benzene rings is 1. The smallest absolute Gasteiger partial charge is 0.319 e. The Morgan fingerprint density at radius 1 is 1.38 bits per heavy atom. The van der Waals surface area contributed by atoms with Crippen LogP contribution in [0.3, 0.4) is 0 Å². The van der Waals surface area contributed by atoms with Gasteiger partial charge in [0.1, 0.15) is 0 Å². The summed E-state index contributed by atoms with van der Waals surface area (Å²) in [6, 6.07) is 5.46. The van der Waals surface area contributed by atoms with E-state index in [0.29, 0.717) is 19.0 Å². The summed E-state index contributed by atoms with van der Waals surface area (Å²) in [5.74, 6) is 0.805. The summed E-state index contributed by atoms with van der Waals surface area (Å²) in [4.78, 5) is 15.9. The van der Waals surface area contributed by atoms with E-state index in [9.17, 15) is 4.79 Å². The van der Waals surface area contributed by atoms with Crippen molar-refractivity contribution < 1.29 is 9.53 Å². The number of nitrogens with one attached hydrogen (secondary N) is 2. The van der Waals surface area contributed by atoms with Gasteiger partial charge in [0, 0.05) is 36.8 Å². The molecule has 1 aromatic carbocycles. The van der Waals surface area contributed by atoms with Crippen LogP contribution in [0.15, 0.2) is 18.2 Å². The van der Waals surface area contributed by atoms with Gasteiger partial charge in [-0.1, -0.05) is 12.1 Å². The Kier molecular flexibility index (Phi) is 5.79. The summed E-state index contributed by atoms with van der Waals surface area (Å²) in [5.41, 5.74) is 2.49. The van der Waals surface area contributed by atoms with Gasteiger partial charge in [0.05, 0.1) is 20.3 Å². The van der Waals surface area contributed by atoms with Crippen LogP contribution in [-0.4, -0.2) is 71.0 Å². The summed E-state index contributed by atoms with van der Waals surface area (Å²) >= 11 is 0. The summed E-state index contributed by atoms with van der Waals surface area (Å²) in [7, 11) is 3.78. The van der Waals surface area contributed by atoms with Crippen LogP contribution in [0.4, 0.5) is 10.5 Å². The zero-order valence-electron chi connectivity index (χ0n) is 15.4. The fourth-order valence-corrected chi connectivity index (χ4v) is 2.88. The highest BCUT2D eigenvalue weighted by Gasteiger charge is 2.17. The van der Waals surface area contributed by atoms with Crippen molar-refractivity contribution >= 4 is 11.7 Å². The van der Waals surface area contributed by atoms with Gasteiger partial charge in [0.25, 0.3) is 0 Å². The van der Waals surface area contributed by atoms with Crippen LogP contribution in [0.2, 0.25) is 0 Å². The molecular formula is C17H25N7O2. The molecule has 2 N–H and O–H groups in total. The van der Waals surface area contributed by atoms with Gasteiger partial charge in [0.2, 0.25) is 5.82 Å². The molecule has 2 heterocycles. The molecule has 0 bridgehead atoms. The van der Waals surface area contributed by atoms with Crippen molar-refractivity contribution in [1.29, 1.82) is 0 Å². The van der Waals surface area contributed by atoms with E-state index in [2.05, 4.69) is 38.0 Å². The maximum absolute atomic E-state index is 12.3. The van der Waals surface area contributed by atoms with Crippen LogP contribution in [0.25, 0.3) is 11.4 Å². The molecule has 1 fully saturated rings. The number of amides is 2. The number of carbonyl (C=O) groups excluding carboxylic acids is 1. The molecule has 0 radical (unpaired) electrons. The largest absolute Gasteiger partial charge is 0.380 e. The van der Waals surface area contributed by atoms with Crippen molar-refractivity contribution in [2.24, 2.45) is 13.0 Å². The van der Waals surface area contributed by atoms with Gasteiger partial charge in [-0.3, -0.25) is 0 Å². The first-order chi connectivity index (χ1) is 12.5. The van der Waals surface area contributed by atoms with E-state index < -0.39 is 0 Å². The Morgan fingerprint density at radius 3 is 3.00 bits per heavy atom. The topological polar surface area (TPSA) is 97.2 Å². The summed E-state index contributed by atoms with van der Waals surface area (Å²) in [5, 5.41) is 17.9. The van der Waals surface area contributed by atoms with E-state index in [1.165, 1.54) is 4.80 Å². The summed E-state index contributed by atoms with van der Waals surface area (Å²) in [6.45, 7) is 5.75. The van der Waals surface area contributed by atoms with Crippen LogP contribution in [0.5, 0.6) is 0 Å². The minimum atomic E-state index is -0.232. The van der Waals surface area contributed by atoms with Crippen molar-refractivity contribution in [3.63, 3.8) is 0 Å². The lowest BCUT2D eigenvalue weighted by atomic mass is 10.1. The predicted molar refractivity (Wildman–Crippen MR) is 97.8 cm³/mol. The minimum absolute atomic E-state index is 0.232. The van der Waals surface area contributed by atoms with Crippen LogP contribution >= 0.6 is 0 Å². The number of urea groups is 1. The molecule has 0 aliphatic carbocycles. The molecule has 9 nitrogen and oxygen atoms in total. The van der Waals surface area contributed by atoms with E-state index in [4.69, 9.17) is 4.74 Å². The lowest BCUT2D eigenvalue weighted by molar-refractivity contribution is 0.122. The van der Waals surface area contributed by atoms with Crippen LogP contribution in [0.1, 0.15) is 5.56 Å². The Morgan fingerprint density at radius 2 is 2.23 bits per heavy atom. The number of carbonyl (C=O) groups is 1. The molecule has 2 amide bonds. The van der Waals surface area contributed by atoms with E-state index in [1.807, 2.05) is 25.1 Å². The number of anilines is 1.